The molecule has 1 aromatic carbocycles. The summed E-state index contributed by atoms with van der Waals surface area (Å²) in [6.45, 7) is 3.08. The molecule has 1 atom stereocenters. The number of halogens is 1. The molecule has 3 heterocycles. The lowest BCUT2D eigenvalue weighted by molar-refractivity contribution is 0.239. The average Bonchev–Trinajstić information content (AvgIpc) is 3.43. The van der Waals surface area contributed by atoms with E-state index in [2.05, 4.69) is 59.7 Å². The zero-order valence-electron chi connectivity index (χ0n) is 16.0. The van der Waals surface area contributed by atoms with Crippen molar-refractivity contribution in [2.45, 2.75) is 13.0 Å². The van der Waals surface area contributed by atoms with Crippen LogP contribution in [0.5, 0.6) is 0 Å². The van der Waals surface area contributed by atoms with E-state index in [4.69, 9.17) is 0 Å². The quantitative estimate of drug-likeness (QED) is 0.598. The number of rotatable bonds is 6. The van der Waals surface area contributed by atoms with Gasteiger partial charge in [-0.2, -0.15) is 5.10 Å². The number of amides is 2. The number of hydrogen-bond acceptors (Lipinski definition) is 4. The Hall–Kier alpha value is -2.87. The molecule has 0 saturated carbocycles. The summed E-state index contributed by atoms with van der Waals surface area (Å²) in [5.74, 6) is 1.20. The number of carbonyl (C=O) groups is 1. The number of nitrogens with zero attached hydrogens (tertiary/aromatic N) is 4. The van der Waals surface area contributed by atoms with Gasteiger partial charge in [0.2, 0.25) is 0 Å². The number of urea groups is 1. The van der Waals surface area contributed by atoms with E-state index in [1.165, 1.54) is 5.69 Å². The van der Waals surface area contributed by atoms with E-state index in [1.807, 2.05) is 30.5 Å². The first-order valence-corrected chi connectivity index (χ1v) is 10.4. The van der Waals surface area contributed by atoms with Crippen LogP contribution in [0.1, 0.15) is 12.0 Å². The van der Waals surface area contributed by atoms with Crippen LogP contribution in [0, 0.1) is 5.92 Å². The lowest BCUT2D eigenvalue weighted by Crippen LogP contribution is -2.38. The summed E-state index contributed by atoms with van der Waals surface area (Å²) in [6.07, 6.45) is 6.38. The molecule has 29 heavy (non-hydrogen) atoms. The van der Waals surface area contributed by atoms with Crippen molar-refractivity contribution in [1.29, 1.82) is 0 Å². The van der Waals surface area contributed by atoms with E-state index >= 15 is 0 Å². The number of pyridine rings is 1. The third kappa shape index (κ3) is 5.14. The summed E-state index contributed by atoms with van der Waals surface area (Å²) in [6, 6.07) is 13.9. The molecule has 1 fully saturated rings. The molecule has 0 aliphatic carbocycles. The Labute approximate surface area is 178 Å². The van der Waals surface area contributed by atoms with Gasteiger partial charge in [-0.1, -0.05) is 28.1 Å². The second-order valence-corrected chi connectivity index (χ2v) is 8.04. The summed E-state index contributed by atoms with van der Waals surface area (Å²) < 4.78 is 2.78. The largest absolute Gasteiger partial charge is 0.371 e. The molecule has 2 N–H and O–H groups in total. The lowest BCUT2D eigenvalue weighted by Gasteiger charge is -2.19. The van der Waals surface area contributed by atoms with Crippen molar-refractivity contribution >= 4 is 27.6 Å². The van der Waals surface area contributed by atoms with Gasteiger partial charge in [-0.3, -0.25) is 0 Å². The number of benzene rings is 1. The van der Waals surface area contributed by atoms with Crippen molar-refractivity contribution in [2.75, 3.05) is 24.5 Å². The van der Waals surface area contributed by atoms with E-state index < -0.39 is 0 Å². The molecule has 4 rings (SSSR count). The van der Waals surface area contributed by atoms with Crippen molar-refractivity contribution in [3.8, 4) is 5.82 Å². The van der Waals surface area contributed by atoms with Crippen LogP contribution >= 0.6 is 15.9 Å². The molecule has 2 aromatic heterocycles. The second-order valence-electron chi connectivity index (χ2n) is 7.12. The first-order valence-electron chi connectivity index (χ1n) is 9.64. The Balaban J connectivity index is 1.20. The smallest absolute Gasteiger partial charge is 0.315 e. The second kappa shape index (κ2) is 9.09. The van der Waals surface area contributed by atoms with Crippen LogP contribution in [-0.2, 0) is 6.54 Å². The number of carbonyl (C=O) groups excluding carboxylic acids is 1. The van der Waals surface area contributed by atoms with Crippen LogP contribution in [0.4, 0.5) is 10.5 Å². The summed E-state index contributed by atoms with van der Waals surface area (Å²) >= 11 is 3.52. The van der Waals surface area contributed by atoms with Crippen LogP contribution in [0.15, 0.2) is 65.5 Å². The van der Waals surface area contributed by atoms with Crippen LogP contribution in [0.25, 0.3) is 5.82 Å². The maximum atomic E-state index is 12.1. The molecule has 2 amide bonds. The van der Waals surface area contributed by atoms with Gasteiger partial charge in [0.25, 0.3) is 0 Å². The fourth-order valence-corrected chi connectivity index (χ4v) is 3.84. The molecule has 1 unspecified atom stereocenters. The number of hydrogen-bond donors (Lipinski definition) is 2. The van der Waals surface area contributed by atoms with Crippen molar-refractivity contribution in [3.63, 3.8) is 0 Å². The standard InChI is InChI=1S/C21H23BrN6O/c22-18-3-1-4-19(11-18)27-10-7-17(15-27)14-25-21(29)24-13-16-5-6-20(23-12-16)28-9-2-8-26-28/h1-6,8-9,11-12,17H,7,10,13-15H2,(H2,24,25,29). The minimum Gasteiger partial charge on any atom is -0.371 e. The number of aromatic nitrogens is 3. The average molecular weight is 455 g/mol. The van der Waals surface area contributed by atoms with E-state index in [9.17, 15) is 4.79 Å². The zero-order chi connectivity index (χ0) is 20.1. The van der Waals surface area contributed by atoms with Crippen LogP contribution in [0.3, 0.4) is 0 Å². The zero-order valence-corrected chi connectivity index (χ0v) is 17.5. The van der Waals surface area contributed by atoms with E-state index in [0.717, 1.165) is 35.4 Å². The number of nitrogens with one attached hydrogen (secondary N) is 2. The molecule has 7 nitrogen and oxygen atoms in total. The minimum atomic E-state index is -0.151. The van der Waals surface area contributed by atoms with Gasteiger partial charge >= 0.3 is 6.03 Å². The first-order chi connectivity index (χ1) is 14.2. The molecule has 0 spiro atoms. The highest BCUT2D eigenvalue weighted by Gasteiger charge is 2.23. The van der Waals surface area contributed by atoms with Crippen molar-refractivity contribution in [1.82, 2.24) is 25.4 Å². The SMILES string of the molecule is O=C(NCc1ccc(-n2cccn2)nc1)NCC1CCN(c2cccc(Br)c2)C1. The van der Waals surface area contributed by atoms with Crippen molar-refractivity contribution in [3.05, 3.63) is 71.1 Å². The van der Waals surface area contributed by atoms with Crippen molar-refractivity contribution < 1.29 is 4.79 Å². The van der Waals surface area contributed by atoms with Gasteiger partial charge in [0, 0.05) is 54.9 Å². The van der Waals surface area contributed by atoms with Gasteiger partial charge in [-0.25, -0.2) is 14.5 Å². The Morgan fingerprint density at radius 3 is 2.90 bits per heavy atom. The molecule has 1 saturated heterocycles. The Morgan fingerprint density at radius 1 is 1.21 bits per heavy atom. The van der Waals surface area contributed by atoms with Crippen LogP contribution < -0.4 is 15.5 Å². The van der Waals surface area contributed by atoms with Gasteiger partial charge in [-0.05, 0) is 48.2 Å². The molecule has 150 valence electrons. The predicted molar refractivity (Wildman–Crippen MR) is 116 cm³/mol. The fraction of sp³-hybridized carbons (Fsp3) is 0.286. The molecule has 1 aliphatic heterocycles. The fourth-order valence-electron chi connectivity index (χ4n) is 3.45. The summed E-state index contributed by atoms with van der Waals surface area (Å²) in [5, 5.41) is 10.0. The van der Waals surface area contributed by atoms with Crippen molar-refractivity contribution in [2.24, 2.45) is 5.92 Å². The Bertz CT molecular complexity index is 944. The molecular weight excluding hydrogens is 432 g/mol. The minimum absolute atomic E-state index is 0.151. The maximum Gasteiger partial charge on any atom is 0.315 e. The molecule has 3 aromatic rings. The molecular formula is C21H23BrN6O. The first kappa shape index (κ1) is 19.4. The summed E-state index contributed by atoms with van der Waals surface area (Å²) in [5.41, 5.74) is 2.16. The van der Waals surface area contributed by atoms with E-state index in [0.29, 0.717) is 19.0 Å². The highest BCUT2D eigenvalue weighted by atomic mass is 79.9. The predicted octanol–water partition coefficient (Wildman–Crippen LogP) is 3.36. The Kier molecular flexibility index (Phi) is 6.09. The normalized spacial score (nSPS) is 16.0. The monoisotopic (exact) mass is 454 g/mol. The summed E-state index contributed by atoms with van der Waals surface area (Å²) in [4.78, 5) is 18.9. The molecule has 0 radical (unpaired) electrons. The highest BCUT2D eigenvalue weighted by Crippen LogP contribution is 2.25. The topological polar surface area (TPSA) is 75.1 Å². The maximum absolute atomic E-state index is 12.1. The third-order valence-electron chi connectivity index (χ3n) is 5.01. The lowest BCUT2D eigenvalue weighted by atomic mass is 10.1. The van der Waals surface area contributed by atoms with E-state index in [-0.39, 0.29) is 6.03 Å². The number of anilines is 1. The van der Waals surface area contributed by atoms with Gasteiger partial charge in [0.05, 0.1) is 0 Å². The van der Waals surface area contributed by atoms with Gasteiger partial charge in [0.15, 0.2) is 5.82 Å². The van der Waals surface area contributed by atoms with E-state index in [1.54, 1.807) is 17.1 Å². The summed E-state index contributed by atoms with van der Waals surface area (Å²) in [7, 11) is 0. The van der Waals surface area contributed by atoms with Gasteiger partial charge in [-0.15, -0.1) is 0 Å². The van der Waals surface area contributed by atoms with Gasteiger partial charge in [0.1, 0.15) is 0 Å². The Morgan fingerprint density at radius 2 is 2.14 bits per heavy atom. The van der Waals surface area contributed by atoms with Gasteiger partial charge < -0.3 is 15.5 Å². The molecule has 1 aliphatic rings. The third-order valence-corrected chi connectivity index (χ3v) is 5.51. The highest BCUT2D eigenvalue weighted by molar-refractivity contribution is 9.10. The molecule has 8 heteroatoms. The van der Waals surface area contributed by atoms with Crippen LogP contribution in [-0.4, -0.2) is 40.4 Å². The molecule has 0 bridgehead atoms. The van der Waals surface area contributed by atoms with Crippen LogP contribution in [0.2, 0.25) is 0 Å².